The average molecular weight is 520 g/mol. The molecule has 0 amide bonds. The molecule has 3 aromatic rings. The van der Waals surface area contributed by atoms with Crippen LogP contribution in [0, 0.1) is 13.8 Å². The van der Waals surface area contributed by atoms with Gasteiger partial charge in [-0.05, 0) is 77.8 Å². The minimum atomic E-state index is -0.771. The number of aromatic nitrogens is 1. The quantitative estimate of drug-likeness (QED) is 0.306. The molecule has 194 valence electrons. The zero-order chi connectivity index (χ0) is 25.9. The number of methoxy groups -OCH3 is 1. The van der Waals surface area contributed by atoms with Crippen molar-refractivity contribution in [1.29, 1.82) is 0 Å². The molecule has 0 bridgehead atoms. The molecule has 37 heavy (non-hydrogen) atoms. The topological polar surface area (TPSA) is 77.9 Å². The molecule has 0 radical (unpaired) electrons. The van der Waals surface area contributed by atoms with Crippen molar-refractivity contribution in [3.05, 3.63) is 70.4 Å². The van der Waals surface area contributed by atoms with Gasteiger partial charge in [0.15, 0.2) is 0 Å². The molecule has 1 aromatic heterocycles. The van der Waals surface area contributed by atoms with Crippen LogP contribution in [0.3, 0.4) is 0 Å². The number of nitrogens with zero attached hydrogens (tertiary/aromatic N) is 1. The van der Waals surface area contributed by atoms with E-state index in [2.05, 4.69) is 49.2 Å². The van der Waals surface area contributed by atoms with E-state index in [1.807, 2.05) is 6.07 Å². The molecule has 5 rings (SSSR count). The highest BCUT2D eigenvalue weighted by Gasteiger charge is 2.30. The van der Waals surface area contributed by atoms with Gasteiger partial charge in [-0.3, -0.25) is 4.79 Å². The predicted octanol–water partition coefficient (Wildman–Crippen LogP) is 6.51. The molecule has 6 nitrogen and oxygen atoms in total. The van der Waals surface area contributed by atoms with E-state index in [9.17, 15) is 9.90 Å². The molecule has 0 fully saturated rings. The number of thioether (sulfide) groups is 1. The van der Waals surface area contributed by atoms with Crippen LogP contribution in [0.25, 0.3) is 11.1 Å². The van der Waals surface area contributed by atoms with Crippen LogP contribution >= 0.6 is 11.8 Å². The second-order valence-corrected chi connectivity index (χ2v) is 10.9. The molecule has 1 N–H and O–H groups in total. The largest absolute Gasteiger partial charge is 0.493 e. The number of carbonyl (C=O) groups is 1. The molecule has 2 aliphatic rings. The summed E-state index contributed by atoms with van der Waals surface area (Å²) in [4.78, 5) is 16.8. The number of carboxylic acid groups (broad SMARTS) is 1. The first kappa shape index (κ1) is 25.6. The molecular formula is C30H33NO5S. The molecule has 1 aliphatic carbocycles. The molecule has 0 spiro atoms. The van der Waals surface area contributed by atoms with E-state index in [1.54, 1.807) is 25.1 Å². The maximum atomic E-state index is 11.2. The summed E-state index contributed by atoms with van der Waals surface area (Å²) >= 11 is 1.69. The number of hydrogen-bond acceptors (Lipinski definition) is 6. The minimum absolute atomic E-state index is 0.0161. The minimum Gasteiger partial charge on any atom is -0.493 e. The first-order valence-corrected chi connectivity index (χ1v) is 13.8. The van der Waals surface area contributed by atoms with Crippen molar-refractivity contribution in [1.82, 2.24) is 4.98 Å². The molecule has 1 aliphatic heterocycles. The Hall–Kier alpha value is -3.03. The van der Waals surface area contributed by atoms with Gasteiger partial charge in [-0.2, -0.15) is 0 Å². The number of carboxylic acids is 1. The third-order valence-electron chi connectivity index (χ3n) is 7.19. The molecule has 7 heteroatoms. The van der Waals surface area contributed by atoms with Gasteiger partial charge in [0.1, 0.15) is 11.9 Å². The summed E-state index contributed by atoms with van der Waals surface area (Å²) < 4.78 is 17.5. The summed E-state index contributed by atoms with van der Waals surface area (Å²) in [5, 5.41) is 9.18. The van der Waals surface area contributed by atoms with Crippen molar-refractivity contribution < 1.29 is 24.1 Å². The zero-order valence-corrected chi connectivity index (χ0v) is 22.4. The summed E-state index contributed by atoms with van der Waals surface area (Å²) in [7, 11) is 1.71. The lowest BCUT2D eigenvalue weighted by Gasteiger charge is -2.18. The fourth-order valence-corrected chi connectivity index (χ4v) is 6.78. The standard InChI is InChI=1S/C30H33NO5S/c1-18-12-21(35-11-5-10-34-3)13-19(2)30(18)24-7-4-6-23-22(24)8-9-26(23)36-28-15-27-25(16-31-28)20(17-37-27)14-29(32)33/h4,6-7,12-13,15-16,20,26H,5,8-11,14,17H2,1-3H3,(H,32,33)/t20-,26?/m1/s1. The van der Waals surface area contributed by atoms with Gasteiger partial charge in [0, 0.05) is 49.0 Å². The number of fused-ring (bicyclic) bond motifs is 2. The van der Waals surface area contributed by atoms with Crippen LogP contribution < -0.4 is 9.47 Å². The van der Waals surface area contributed by atoms with Crippen molar-refractivity contribution in [3.8, 4) is 22.8 Å². The van der Waals surface area contributed by atoms with Gasteiger partial charge < -0.3 is 19.3 Å². The number of pyridine rings is 1. The van der Waals surface area contributed by atoms with E-state index in [4.69, 9.17) is 14.2 Å². The lowest BCUT2D eigenvalue weighted by Crippen LogP contribution is -2.07. The lowest BCUT2D eigenvalue weighted by molar-refractivity contribution is -0.137. The Labute approximate surface area is 222 Å². The van der Waals surface area contributed by atoms with Gasteiger partial charge in [-0.1, -0.05) is 18.2 Å². The second-order valence-electron chi connectivity index (χ2n) is 9.81. The Balaban J connectivity index is 1.35. The van der Waals surface area contributed by atoms with E-state index in [1.165, 1.54) is 33.4 Å². The van der Waals surface area contributed by atoms with Crippen molar-refractivity contribution in [2.24, 2.45) is 0 Å². The van der Waals surface area contributed by atoms with E-state index in [0.29, 0.717) is 19.1 Å². The van der Waals surface area contributed by atoms with Crippen LogP contribution in [0.2, 0.25) is 0 Å². The first-order chi connectivity index (χ1) is 17.9. The Morgan fingerprint density at radius 1 is 1.14 bits per heavy atom. The smallest absolute Gasteiger partial charge is 0.303 e. The van der Waals surface area contributed by atoms with E-state index in [0.717, 1.165) is 41.2 Å². The summed E-state index contributed by atoms with van der Waals surface area (Å²) in [5.41, 5.74) is 8.50. The Morgan fingerprint density at radius 2 is 1.95 bits per heavy atom. The Morgan fingerprint density at radius 3 is 2.70 bits per heavy atom. The number of rotatable bonds is 10. The maximum absolute atomic E-state index is 11.2. The Bertz CT molecular complexity index is 1280. The number of aliphatic carboxylic acids is 1. The number of benzene rings is 2. The highest BCUT2D eigenvalue weighted by molar-refractivity contribution is 7.99. The normalized spacial score (nSPS) is 17.9. The summed E-state index contributed by atoms with van der Waals surface area (Å²) in [6, 6.07) is 12.7. The van der Waals surface area contributed by atoms with Crippen molar-refractivity contribution in [2.45, 2.75) is 56.4 Å². The Kier molecular flexibility index (Phi) is 7.72. The van der Waals surface area contributed by atoms with Crippen LogP contribution in [0.15, 0.2) is 47.5 Å². The van der Waals surface area contributed by atoms with Crippen LogP contribution in [-0.2, 0) is 16.0 Å². The van der Waals surface area contributed by atoms with Crippen LogP contribution in [0.1, 0.15) is 59.1 Å². The lowest BCUT2D eigenvalue weighted by atomic mass is 9.90. The fourth-order valence-electron chi connectivity index (χ4n) is 5.53. The first-order valence-electron chi connectivity index (χ1n) is 12.8. The second kappa shape index (κ2) is 11.2. The van der Waals surface area contributed by atoms with E-state index in [-0.39, 0.29) is 18.4 Å². The molecule has 2 aromatic carbocycles. The number of ether oxygens (including phenoxy) is 3. The SMILES string of the molecule is COCCCOc1cc(C)c(-c2cccc3c2CCC3Oc2cc3c(cn2)[C@H](CC(=O)O)CS3)c(C)c1. The molecule has 2 atom stereocenters. The van der Waals surface area contributed by atoms with Gasteiger partial charge in [0.25, 0.3) is 0 Å². The van der Waals surface area contributed by atoms with Gasteiger partial charge >= 0.3 is 5.97 Å². The van der Waals surface area contributed by atoms with Crippen molar-refractivity contribution in [3.63, 3.8) is 0 Å². The number of hydrogen-bond donors (Lipinski definition) is 1. The zero-order valence-electron chi connectivity index (χ0n) is 21.6. The summed E-state index contributed by atoms with van der Waals surface area (Å²) in [6.07, 6.45) is 4.61. The van der Waals surface area contributed by atoms with Crippen LogP contribution in [0.5, 0.6) is 11.6 Å². The highest BCUT2D eigenvalue weighted by atomic mass is 32.2. The van der Waals surface area contributed by atoms with Crippen LogP contribution in [-0.4, -0.2) is 42.1 Å². The molecule has 0 saturated heterocycles. The van der Waals surface area contributed by atoms with Crippen molar-refractivity contribution in [2.75, 3.05) is 26.1 Å². The van der Waals surface area contributed by atoms with E-state index < -0.39 is 5.97 Å². The van der Waals surface area contributed by atoms with Gasteiger partial charge in [-0.25, -0.2) is 4.98 Å². The van der Waals surface area contributed by atoms with Gasteiger partial charge in [0.05, 0.1) is 13.0 Å². The number of aryl methyl sites for hydroxylation is 2. The monoisotopic (exact) mass is 519 g/mol. The molecule has 0 saturated carbocycles. The summed E-state index contributed by atoms with van der Waals surface area (Å²) in [6.45, 7) is 5.63. The van der Waals surface area contributed by atoms with E-state index >= 15 is 0 Å². The maximum Gasteiger partial charge on any atom is 0.303 e. The molecular weight excluding hydrogens is 486 g/mol. The third-order valence-corrected chi connectivity index (χ3v) is 8.42. The van der Waals surface area contributed by atoms with Crippen LogP contribution in [0.4, 0.5) is 0 Å². The molecule has 2 heterocycles. The average Bonchev–Trinajstić information content (AvgIpc) is 3.45. The fraction of sp³-hybridized carbons (Fsp3) is 0.400. The van der Waals surface area contributed by atoms with Gasteiger partial charge in [0.2, 0.25) is 5.88 Å². The van der Waals surface area contributed by atoms with Crippen molar-refractivity contribution >= 4 is 17.7 Å². The van der Waals surface area contributed by atoms with Gasteiger partial charge in [-0.15, -0.1) is 11.8 Å². The summed E-state index contributed by atoms with van der Waals surface area (Å²) in [5.74, 6) is 1.52. The highest BCUT2D eigenvalue weighted by Crippen LogP contribution is 2.45. The third kappa shape index (κ3) is 5.48. The predicted molar refractivity (Wildman–Crippen MR) is 145 cm³/mol. The molecule has 1 unspecified atom stereocenters.